The molecule has 2 rings (SSSR count). The van der Waals surface area contributed by atoms with Gasteiger partial charge in [0.15, 0.2) is 0 Å². The van der Waals surface area contributed by atoms with Gasteiger partial charge in [0.2, 0.25) is 0 Å². The summed E-state index contributed by atoms with van der Waals surface area (Å²) in [6, 6.07) is 4.41. The zero-order valence-corrected chi connectivity index (χ0v) is 12.2. The van der Waals surface area contributed by atoms with Crippen molar-refractivity contribution in [1.82, 2.24) is 4.90 Å². The summed E-state index contributed by atoms with van der Waals surface area (Å²) >= 11 is 3.10. The van der Waals surface area contributed by atoms with Crippen LogP contribution in [0.1, 0.15) is 36.0 Å². The first kappa shape index (κ1) is 14.5. The second kappa shape index (κ2) is 6.48. The molecule has 1 aromatic carbocycles. The molecule has 0 bridgehead atoms. The molecule has 3 nitrogen and oxygen atoms in total. The van der Waals surface area contributed by atoms with E-state index >= 15 is 0 Å². The summed E-state index contributed by atoms with van der Waals surface area (Å²) in [5.41, 5.74) is 0.484. The fourth-order valence-electron chi connectivity index (χ4n) is 2.51. The second-order valence-electron chi connectivity index (χ2n) is 4.79. The normalized spacial score (nSPS) is 19.5. The van der Waals surface area contributed by atoms with E-state index in [0.29, 0.717) is 23.0 Å². The van der Waals surface area contributed by atoms with Gasteiger partial charge < -0.3 is 10.0 Å². The molecule has 1 aliphatic rings. The van der Waals surface area contributed by atoms with Gasteiger partial charge in [-0.3, -0.25) is 4.79 Å². The lowest BCUT2D eigenvalue weighted by Gasteiger charge is -2.35. The predicted molar refractivity (Wildman–Crippen MR) is 74.5 cm³/mol. The number of hydrogen-bond donors (Lipinski definition) is 1. The lowest BCUT2D eigenvalue weighted by molar-refractivity contribution is 0.0574. The van der Waals surface area contributed by atoms with E-state index in [1.165, 1.54) is 18.2 Å². The molecule has 1 saturated heterocycles. The van der Waals surface area contributed by atoms with Crippen molar-refractivity contribution < 1.29 is 14.3 Å². The minimum atomic E-state index is -0.373. The number of rotatable bonds is 3. The van der Waals surface area contributed by atoms with Crippen LogP contribution in [0.15, 0.2) is 22.7 Å². The molecule has 1 N–H and O–H groups in total. The Labute approximate surface area is 120 Å². The summed E-state index contributed by atoms with van der Waals surface area (Å²) in [5, 5.41) is 9.07. The van der Waals surface area contributed by atoms with Gasteiger partial charge in [0, 0.05) is 24.8 Å². The van der Waals surface area contributed by atoms with E-state index in [1.54, 1.807) is 4.90 Å². The fourth-order valence-corrected chi connectivity index (χ4v) is 2.89. The van der Waals surface area contributed by atoms with E-state index in [2.05, 4.69) is 15.9 Å². The van der Waals surface area contributed by atoms with Crippen LogP contribution >= 0.6 is 15.9 Å². The molecule has 1 unspecified atom stereocenters. The first-order valence-electron chi connectivity index (χ1n) is 6.50. The van der Waals surface area contributed by atoms with E-state index in [1.807, 2.05) is 0 Å². The minimum Gasteiger partial charge on any atom is -0.396 e. The van der Waals surface area contributed by atoms with Gasteiger partial charge in [-0.05, 0) is 59.8 Å². The number of amides is 1. The van der Waals surface area contributed by atoms with Gasteiger partial charge in [-0.2, -0.15) is 0 Å². The highest BCUT2D eigenvalue weighted by Gasteiger charge is 2.27. The number of aliphatic hydroxyl groups is 1. The minimum absolute atomic E-state index is 0.0844. The van der Waals surface area contributed by atoms with Crippen molar-refractivity contribution in [2.75, 3.05) is 13.2 Å². The largest absolute Gasteiger partial charge is 0.396 e. The highest BCUT2D eigenvalue weighted by atomic mass is 79.9. The second-order valence-corrected chi connectivity index (χ2v) is 5.64. The maximum Gasteiger partial charge on any atom is 0.254 e. The fraction of sp³-hybridized carbons (Fsp3) is 0.500. The zero-order chi connectivity index (χ0) is 13.8. The molecule has 1 aromatic rings. The van der Waals surface area contributed by atoms with E-state index in [9.17, 15) is 9.18 Å². The van der Waals surface area contributed by atoms with Crippen LogP contribution < -0.4 is 0 Å². The van der Waals surface area contributed by atoms with Gasteiger partial charge in [-0.1, -0.05) is 0 Å². The van der Waals surface area contributed by atoms with Crippen LogP contribution in [0.3, 0.4) is 0 Å². The van der Waals surface area contributed by atoms with Crippen molar-refractivity contribution in [3.8, 4) is 0 Å². The topological polar surface area (TPSA) is 40.5 Å². The molecule has 0 aliphatic carbocycles. The lowest BCUT2D eigenvalue weighted by atomic mass is 9.98. The number of piperidine rings is 1. The summed E-state index contributed by atoms with van der Waals surface area (Å²) in [6.45, 7) is 0.792. The Kier molecular flexibility index (Phi) is 4.93. The number of carbonyl (C=O) groups is 1. The molecular formula is C14H17BrFNO2. The standard InChI is InChI=1S/C14H17BrFNO2/c15-12-9-10(4-5-13(12)16)14(19)17-7-2-1-3-11(17)6-8-18/h4-5,9,11,18H,1-3,6-8H2. The average molecular weight is 330 g/mol. The quantitative estimate of drug-likeness (QED) is 0.926. The van der Waals surface area contributed by atoms with Crippen molar-refractivity contribution in [3.63, 3.8) is 0 Å². The first-order chi connectivity index (χ1) is 9.13. The summed E-state index contributed by atoms with van der Waals surface area (Å²) in [7, 11) is 0. The van der Waals surface area contributed by atoms with Crippen LogP contribution in [-0.2, 0) is 0 Å². The monoisotopic (exact) mass is 329 g/mol. The highest BCUT2D eigenvalue weighted by Crippen LogP contribution is 2.24. The number of halogens is 2. The molecule has 0 spiro atoms. The van der Waals surface area contributed by atoms with E-state index in [4.69, 9.17) is 5.11 Å². The number of hydrogen-bond acceptors (Lipinski definition) is 2. The van der Waals surface area contributed by atoms with Crippen LogP contribution in [0.4, 0.5) is 4.39 Å². The Hall–Kier alpha value is -0.940. The zero-order valence-electron chi connectivity index (χ0n) is 10.6. The maximum absolute atomic E-state index is 13.2. The lowest BCUT2D eigenvalue weighted by Crippen LogP contribution is -2.44. The molecule has 19 heavy (non-hydrogen) atoms. The molecule has 0 saturated carbocycles. The third-order valence-electron chi connectivity index (χ3n) is 3.52. The third kappa shape index (κ3) is 3.34. The molecule has 1 aliphatic heterocycles. The van der Waals surface area contributed by atoms with Crippen molar-refractivity contribution in [3.05, 3.63) is 34.1 Å². The van der Waals surface area contributed by atoms with Gasteiger partial charge in [-0.25, -0.2) is 4.39 Å². The molecule has 1 heterocycles. The van der Waals surface area contributed by atoms with Crippen LogP contribution in [-0.4, -0.2) is 35.1 Å². The summed E-state index contributed by atoms with van der Waals surface area (Å²) in [4.78, 5) is 14.3. The van der Waals surface area contributed by atoms with Gasteiger partial charge in [0.05, 0.1) is 4.47 Å². The summed E-state index contributed by atoms with van der Waals surface area (Å²) in [6.07, 6.45) is 3.60. The van der Waals surface area contributed by atoms with Crippen LogP contribution in [0.25, 0.3) is 0 Å². The Balaban J connectivity index is 2.18. The van der Waals surface area contributed by atoms with E-state index in [0.717, 1.165) is 19.3 Å². The summed E-state index contributed by atoms with van der Waals surface area (Å²) < 4.78 is 13.5. The Morgan fingerprint density at radius 2 is 2.26 bits per heavy atom. The van der Waals surface area contributed by atoms with Crippen LogP contribution in [0.5, 0.6) is 0 Å². The summed E-state index contributed by atoms with van der Waals surface area (Å²) in [5.74, 6) is -0.457. The molecule has 0 radical (unpaired) electrons. The molecule has 1 amide bonds. The molecule has 5 heteroatoms. The van der Waals surface area contributed by atoms with Crippen LogP contribution in [0, 0.1) is 5.82 Å². The number of carbonyl (C=O) groups excluding carboxylic acids is 1. The molecule has 0 aromatic heterocycles. The van der Waals surface area contributed by atoms with Crippen LogP contribution in [0.2, 0.25) is 0 Å². The van der Waals surface area contributed by atoms with Crippen molar-refractivity contribution in [2.24, 2.45) is 0 Å². The van der Waals surface area contributed by atoms with Gasteiger partial charge >= 0.3 is 0 Å². The molecular weight excluding hydrogens is 313 g/mol. The molecule has 104 valence electrons. The van der Waals surface area contributed by atoms with Gasteiger partial charge in [0.1, 0.15) is 5.82 Å². The van der Waals surface area contributed by atoms with Gasteiger partial charge in [-0.15, -0.1) is 0 Å². The molecule has 1 atom stereocenters. The van der Waals surface area contributed by atoms with Gasteiger partial charge in [0.25, 0.3) is 5.91 Å². The Morgan fingerprint density at radius 3 is 2.95 bits per heavy atom. The Bertz CT molecular complexity index is 465. The Morgan fingerprint density at radius 1 is 1.47 bits per heavy atom. The number of nitrogens with zero attached hydrogens (tertiary/aromatic N) is 1. The van der Waals surface area contributed by atoms with E-state index in [-0.39, 0.29) is 24.4 Å². The number of likely N-dealkylation sites (tertiary alicyclic amines) is 1. The number of benzene rings is 1. The average Bonchev–Trinajstić information content (AvgIpc) is 2.42. The predicted octanol–water partition coefficient (Wildman–Crippen LogP) is 2.97. The first-order valence-corrected chi connectivity index (χ1v) is 7.29. The third-order valence-corrected chi connectivity index (χ3v) is 4.12. The van der Waals surface area contributed by atoms with Crippen molar-refractivity contribution >= 4 is 21.8 Å². The van der Waals surface area contributed by atoms with Crippen molar-refractivity contribution in [1.29, 1.82) is 0 Å². The van der Waals surface area contributed by atoms with Crippen molar-refractivity contribution in [2.45, 2.75) is 31.7 Å². The maximum atomic E-state index is 13.2. The van der Waals surface area contributed by atoms with E-state index < -0.39 is 0 Å². The molecule has 1 fully saturated rings. The SMILES string of the molecule is O=C(c1ccc(F)c(Br)c1)N1CCCCC1CCO. The smallest absolute Gasteiger partial charge is 0.254 e. The highest BCUT2D eigenvalue weighted by molar-refractivity contribution is 9.10. The number of aliphatic hydroxyl groups excluding tert-OH is 1.